The zero-order chi connectivity index (χ0) is 36.6. The fraction of sp³-hybridized carbons (Fsp3) is 0.137. The quantitative estimate of drug-likeness (QED) is 0.180. The van der Waals surface area contributed by atoms with Crippen molar-refractivity contribution in [2.24, 2.45) is 0 Å². The third kappa shape index (κ3) is 4.91. The third-order valence-electron chi connectivity index (χ3n) is 12.2. The molecule has 3 aliphatic carbocycles. The number of rotatable bonds is 5. The molecular formula is C51H42N4. The van der Waals surface area contributed by atoms with Crippen molar-refractivity contribution in [1.29, 1.82) is 0 Å². The first-order chi connectivity index (χ1) is 27.1. The largest absolute Gasteiger partial charge is 0.359 e. The number of hydrogen-bond donors (Lipinski definition) is 1. The highest BCUT2D eigenvalue weighted by Gasteiger charge is 2.39. The SMILES string of the molecule is C=C(/C=C(\C=C(/C)C1=CC2=C(CC1)N1c3ccccc3NC1c1ccccc12)n1c2ccccc2c2ccccc21)n1c2c(c3c1CCC=C3)CC=CC=C2. The van der Waals surface area contributed by atoms with Gasteiger partial charge in [0.1, 0.15) is 6.17 Å². The normalized spacial score (nSPS) is 18.3. The average Bonchev–Trinajstić information content (AvgIpc) is 3.81. The number of allylic oxidation sites excluding steroid dienone is 13. The Morgan fingerprint density at radius 1 is 0.764 bits per heavy atom. The lowest BCUT2D eigenvalue weighted by Crippen LogP contribution is -2.33. The van der Waals surface area contributed by atoms with Crippen molar-refractivity contribution in [3.05, 3.63) is 197 Å². The highest BCUT2D eigenvalue weighted by Crippen LogP contribution is 2.52. The zero-order valence-electron chi connectivity index (χ0n) is 31.1. The Balaban J connectivity index is 1.09. The number of hydrogen-bond acceptors (Lipinski definition) is 2. The molecule has 1 atom stereocenters. The molecule has 5 aliphatic rings. The number of nitrogens with zero attached hydrogens (tertiary/aromatic N) is 3. The molecule has 4 nitrogen and oxygen atoms in total. The van der Waals surface area contributed by atoms with E-state index in [2.05, 4.69) is 178 Å². The second-order valence-electron chi connectivity index (χ2n) is 15.3. The van der Waals surface area contributed by atoms with Crippen LogP contribution in [0.3, 0.4) is 0 Å². The zero-order valence-corrected chi connectivity index (χ0v) is 31.1. The van der Waals surface area contributed by atoms with E-state index in [4.69, 9.17) is 6.58 Å². The Morgan fingerprint density at radius 3 is 2.38 bits per heavy atom. The number of para-hydroxylation sites is 4. The van der Waals surface area contributed by atoms with Crippen molar-refractivity contribution in [2.75, 3.05) is 10.2 Å². The Morgan fingerprint density at radius 2 is 1.53 bits per heavy atom. The van der Waals surface area contributed by atoms with Crippen LogP contribution in [0.2, 0.25) is 0 Å². The summed E-state index contributed by atoms with van der Waals surface area (Å²) < 4.78 is 4.88. The molecule has 55 heavy (non-hydrogen) atoms. The lowest BCUT2D eigenvalue weighted by Gasteiger charge is -2.39. The summed E-state index contributed by atoms with van der Waals surface area (Å²) in [5.41, 5.74) is 20.3. The summed E-state index contributed by atoms with van der Waals surface area (Å²) in [5.74, 6) is 0. The molecule has 0 spiro atoms. The number of anilines is 2. The van der Waals surface area contributed by atoms with Crippen molar-refractivity contribution < 1.29 is 0 Å². The van der Waals surface area contributed by atoms with E-state index in [1.54, 1.807) is 0 Å². The molecule has 4 aromatic carbocycles. The van der Waals surface area contributed by atoms with Crippen LogP contribution in [-0.4, -0.2) is 9.13 Å². The monoisotopic (exact) mass is 710 g/mol. The molecule has 266 valence electrons. The Labute approximate surface area is 322 Å². The minimum Gasteiger partial charge on any atom is -0.359 e. The average molecular weight is 711 g/mol. The first-order valence-corrected chi connectivity index (χ1v) is 19.7. The van der Waals surface area contributed by atoms with Crippen molar-refractivity contribution in [3.8, 4) is 0 Å². The number of nitrogens with one attached hydrogen (secondary N) is 1. The number of aromatic nitrogens is 2. The van der Waals surface area contributed by atoms with Crippen LogP contribution >= 0.6 is 0 Å². The van der Waals surface area contributed by atoms with Gasteiger partial charge in [-0.3, -0.25) is 0 Å². The Kier molecular flexibility index (Phi) is 7.28. The summed E-state index contributed by atoms with van der Waals surface area (Å²) in [7, 11) is 0. The Hall–Kier alpha value is -6.52. The molecule has 6 aromatic rings. The smallest absolute Gasteiger partial charge is 0.130 e. The van der Waals surface area contributed by atoms with Gasteiger partial charge in [-0.05, 0) is 115 Å². The van der Waals surface area contributed by atoms with Gasteiger partial charge >= 0.3 is 0 Å². The molecule has 0 saturated carbocycles. The summed E-state index contributed by atoms with van der Waals surface area (Å²) >= 11 is 0. The van der Waals surface area contributed by atoms with Crippen LogP contribution < -0.4 is 10.2 Å². The van der Waals surface area contributed by atoms with Gasteiger partial charge in [-0.2, -0.15) is 0 Å². The van der Waals surface area contributed by atoms with E-state index in [9.17, 15) is 0 Å². The van der Waals surface area contributed by atoms with Crippen molar-refractivity contribution in [1.82, 2.24) is 9.13 Å². The molecule has 2 aromatic heterocycles. The standard InChI is InChI=1S/C51H42N4/c1-33(35-28-29-49-43(32-35)37-16-6-7-21-42(37)51-52-44-22-11-15-27-50(44)55(49)51)30-36(54-47-25-13-9-19-40(47)41-20-10-14-26-48(41)54)31-34(2)53-45-23-5-3-4-17-38(45)39-18-8-12-24-46(39)53/h3-11,13-16,18-23,25-27,30-32,51-52H,2,12,17,24,28-29H2,1H3/b33-30+,36-31+. The predicted octanol–water partition coefficient (Wildman–Crippen LogP) is 12.7. The number of benzene rings is 4. The summed E-state index contributed by atoms with van der Waals surface area (Å²) in [6.45, 7) is 7.13. The van der Waals surface area contributed by atoms with Crippen molar-refractivity contribution in [2.45, 2.75) is 45.2 Å². The molecule has 0 amide bonds. The summed E-state index contributed by atoms with van der Waals surface area (Å²) in [4.78, 5) is 2.55. The molecule has 1 N–H and O–H groups in total. The van der Waals surface area contributed by atoms with Crippen LogP contribution in [-0.2, 0) is 12.8 Å². The minimum absolute atomic E-state index is 0.116. The maximum atomic E-state index is 4.83. The van der Waals surface area contributed by atoms with Gasteiger partial charge in [0, 0.05) is 50.4 Å². The van der Waals surface area contributed by atoms with E-state index < -0.39 is 0 Å². The first-order valence-electron chi connectivity index (χ1n) is 19.7. The Bertz CT molecular complexity index is 2800. The summed E-state index contributed by atoms with van der Waals surface area (Å²) in [6.07, 6.45) is 25.8. The molecule has 11 rings (SSSR count). The lowest BCUT2D eigenvalue weighted by molar-refractivity contribution is 0.728. The molecule has 2 aliphatic heterocycles. The van der Waals surface area contributed by atoms with E-state index in [1.165, 1.54) is 89.2 Å². The van der Waals surface area contributed by atoms with Crippen LogP contribution in [0.4, 0.5) is 11.4 Å². The van der Waals surface area contributed by atoms with E-state index >= 15 is 0 Å². The van der Waals surface area contributed by atoms with Crippen molar-refractivity contribution in [3.63, 3.8) is 0 Å². The van der Waals surface area contributed by atoms with Gasteiger partial charge in [-0.15, -0.1) is 0 Å². The van der Waals surface area contributed by atoms with Gasteiger partial charge < -0.3 is 19.4 Å². The molecule has 0 saturated heterocycles. The summed E-state index contributed by atoms with van der Waals surface area (Å²) in [5, 5.41) is 6.34. The molecule has 0 radical (unpaired) electrons. The molecular weight excluding hydrogens is 669 g/mol. The second-order valence-corrected chi connectivity index (χ2v) is 15.3. The maximum Gasteiger partial charge on any atom is 0.130 e. The van der Waals surface area contributed by atoms with Gasteiger partial charge in [0.25, 0.3) is 0 Å². The molecule has 4 heteroatoms. The van der Waals surface area contributed by atoms with Crippen molar-refractivity contribution >= 4 is 62.3 Å². The van der Waals surface area contributed by atoms with Gasteiger partial charge in [0.2, 0.25) is 0 Å². The third-order valence-corrected chi connectivity index (χ3v) is 12.2. The van der Waals surface area contributed by atoms with Crippen LogP contribution in [0, 0.1) is 0 Å². The predicted molar refractivity (Wildman–Crippen MR) is 232 cm³/mol. The van der Waals surface area contributed by atoms with E-state index in [0.29, 0.717) is 0 Å². The second kappa shape index (κ2) is 12.5. The van der Waals surface area contributed by atoms with Crippen LogP contribution in [0.1, 0.15) is 66.0 Å². The fourth-order valence-corrected chi connectivity index (χ4v) is 9.79. The first kappa shape index (κ1) is 32.0. The highest BCUT2D eigenvalue weighted by molar-refractivity contribution is 6.10. The van der Waals surface area contributed by atoms with Crippen LogP contribution in [0.15, 0.2) is 163 Å². The van der Waals surface area contributed by atoms with Gasteiger partial charge in [-0.25, -0.2) is 0 Å². The maximum absolute atomic E-state index is 4.83. The van der Waals surface area contributed by atoms with E-state index in [0.717, 1.165) is 43.5 Å². The number of fused-ring (bicyclic) bond motifs is 13. The lowest BCUT2D eigenvalue weighted by atomic mass is 9.83. The van der Waals surface area contributed by atoms with Crippen LogP contribution in [0.5, 0.6) is 0 Å². The van der Waals surface area contributed by atoms with E-state index in [-0.39, 0.29) is 6.17 Å². The van der Waals surface area contributed by atoms with Gasteiger partial charge in [0.15, 0.2) is 0 Å². The minimum atomic E-state index is 0.116. The summed E-state index contributed by atoms with van der Waals surface area (Å²) in [6, 6.07) is 35.3. The molecule has 0 bridgehead atoms. The van der Waals surface area contributed by atoms with E-state index in [1.807, 2.05) is 0 Å². The molecule has 4 heterocycles. The highest BCUT2D eigenvalue weighted by atomic mass is 15.3. The van der Waals surface area contributed by atoms with Gasteiger partial charge in [-0.1, -0.05) is 110 Å². The van der Waals surface area contributed by atoms with Gasteiger partial charge in [0.05, 0.1) is 22.4 Å². The fourth-order valence-electron chi connectivity index (χ4n) is 9.79. The molecule has 1 unspecified atom stereocenters. The van der Waals surface area contributed by atoms with Crippen LogP contribution in [0.25, 0.3) is 50.9 Å². The topological polar surface area (TPSA) is 25.1 Å². The molecule has 0 fully saturated rings.